The van der Waals surface area contributed by atoms with Crippen molar-refractivity contribution in [2.75, 3.05) is 13.2 Å². The maximum Gasteiger partial charge on any atom is 0.137 e. The first-order valence-electron chi connectivity index (χ1n) is 5.85. The fourth-order valence-electron chi connectivity index (χ4n) is 1.76. The molecule has 0 atom stereocenters. The Morgan fingerprint density at radius 1 is 1.33 bits per heavy atom. The lowest BCUT2D eigenvalue weighted by molar-refractivity contribution is 0.292. The maximum atomic E-state index is 8.75. The summed E-state index contributed by atoms with van der Waals surface area (Å²) in [7, 11) is 0. The van der Waals surface area contributed by atoms with Gasteiger partial charge in [0.25, 0.3) is 0 Å². The van der Waals surface area contributed by atoms with E-state index in [2.05, 4.69) is 10.4 Å². The molecule has 1 aromatic carbocycles. The van der Waals surface area contributed by atoms with Crippen LogP contribution < -0.4 is 5.32 Å². The summed E-state index contributed by atoms with van der Waals surface area (Å²) < 4.78 is 1.73. The molecule has 0 aliphatic heterocycles. The van der Waals surface area contributed by atoms with Crippen LogP contribution in [0.4, 0.5) is 0 Å². The number of hydrogen-bond acceptors (Lipinski definition) is 3. The van der Waals surface area contributed by atoms with E-state index in [1.165, 1.54) is 0 Å². The van der Waals surface area contributed by atoms with Crippen molar-refractivity contribution in [3.05, 3.63) is 46.7 Å². The molecule has 0 fully saturated rings. The number of nitrogens with zero attached hydrogens (tertiary/aromatic N) is 2. The molecule has 0 bridgehead atoms. The quantitative estimate of drug-likeness (QED) is 0.812. The monoisotopic (exact) mass is 265 g/mol. The molecule has 4 nitrogen and oxygen atoms in total. The summed E-state index contributed by atoms with van der Waals surface area (Å²) in [5, 5.41) is 16.9. The molecule has 0 spiro atoms. The van der Waals surface area contributed by atoms with E-state index >= 15 is 0 Å². The van der Waals surface area contributed by atoms with Gasteiger partial charge in [0, 0.05) is 18.7 Å². The molecule has 0 saturated carbocycles. The lowest BCUT2D eigenvalue weighted by atomic mass is 10.2. The topological polar surface area (TPSA) is 50.1 Å². The Morgan fingerprint density at radius 2 is 2.06 bits per heavy atom. The first-order valence-corrected chi connectivity index (χ1v) is 6.23. The third kappa shape index (κ3) is 2.72. The molecule has 1 heterocycles. The Balaban J connectivity index is 2.26. The van der Waals surface area contributed by atoms with Crippen molar-refractivity contribution in [3.8, 4) is 5.69 Å². The number of para-hydroxylation sites is 1. The summed E-state index contributed by atoms with van der Waals surface area (Å²) in [6, 6.07) is 9.78. The molecular weight excluding hydrogens is 250 g/mol. The number of aliphatic hydroxyl groups is 1. The summed E-state index contributed by atoms with van der Waals surface area (Å²) >= 11 is 6.34. The van der Waals surface area contributed by atoms with Crippen molar-refractivity contribution in [3.63, 3.8) is 0 Å². The van der Waals surface area contributed by atoms with Gasteiger partial charge in [-0.15, -0.1) is 0 Å². The SMILES string of the molecule is Cc1nn(-c2ccccc2)c(Cl)c1CNCCO. The molecular formula is C13H16ClN3O. The van der Waals surface area contributed by atoms with E-state index in [0.29, 0.717) is 18.2 Å². The van der Waals surface area contributed by atoms with E-state index in [9.17, 15) is 0 Å². The highest BCUT2D eigenvalue weighted by molar-refractivity contribution is 6.30. The highest BCUT2D eigenvalue weighted by atomic mass is 35.5. The van der Waals surface area contributed by atoms with Crippen LogP contribution in [0.2, 0.25) is 5.15 Å². The second-order valence-corrected chi connectivity index (χ2v) is 4.36. The van der Waals surface area contributed by atoms with E-state index < -0.39 is 0 Å². The molecule has 0 aliphatic rings. The lowest BCUT2D eigenvalue weighted by Gasteiger charge is -2.04. The minimum absolute atomic E-state index is 0.115. The number of halogens is 1. The Bertz CT molecular complexity index is 510. The summed E-state index contributed by atoms with van der Waals surface area (Å²) in [5.41, 5.74) is 2.81. The lowest BCUT2D eigenvalue weighted by Crippen LogP contribution is -2.17. The summed E-state index contributed by atoms with van der Waals surface area (Å²) in [5.74, 6) is 0. The third-order valence-electron chi connectivity index (χ3n) is 2.71. The largest absolute Gasteiger partial charge is 0.395 e. The third-order valence-corrected chi connectivity index (χ3v) is 3.10. The summed E-state index contributed by atoms with van der Waals surface area (Å²) in [4.78, 5) is 0. The molecule has 0 amide bonds. The van der Waals surface area contributed by atoms with Gasteiger partial charge in [-0.05, 0) is 19.1 Å². The molecule has 0 radical (unpaired) electrons. The Morgan fingerprint density at radius 3 is 2.72 bits per heavy atom. The van der Waals surface area contributed by atoms with Gasteiger partial charge in [0.1, 0.15) is 5.15 Å². The van der Waals surface area contributed by atoms with E-state index in [1.54, 1.807) is 4.68 Å². The highest BCUT2D eigenvalue weighted by Crippen LogP contribution is 2.23. The number of hydrogen-bond donors (Lipinski definition) is 2. The molecule has 96 valence electrons. The van der Waals surface area contributed by atoms with Crippen molar-refractivity contribution < 1.29 is 5.11 Å². The standard InChI is InChI=1S/C13H16ClN3O/c1-10-12(9-15-7-8-18)13(14)17(16-10)11-5-3-2-4-6-11/h2-6,15,18H,7-9H2,1H3. The van der Waals surface area contributed by atoms with Crippen LogP contribution in [0, 0.1) is 6.92 Å². The van der Waals surface area contributed by atoms with Crippen LogP contribution >= 0.6 is 11.6 Å². The second-order valence-electron chi connectivity index (χ2n) is 4.00. The van der Waals surface area contributed by atoms with Gasteiger partial charge in [-0.1, -0.05) is 29.8 Å². The molecule has 0 saturated heterocycles. The average Bonchev–Trinajstić information content (AvgIpc) is 2.68. The smallest absolute Gasteiger partial charge is 0.137 e. The van der Waals surface area contributed by atoms with Crippen molar-refractivity contribution in [2.24, 2.45) is 0 Å². The molecule has 5 heteroatoms. The minimum atomic E-state index is 0.115. The van der Waals surface area contributed by atoms with Crippen LogP contribution in [0.5, 0.6) is 0 Å². The highest BCUT2D eigenvalue weighted by Gasteiger charge is 2.13. The number of benzene rings is 1. The van der Waals surface area contributed by atoms with E-state index in [4.69, 9.17) is 16.7 Å². The average molecular weight is 266 g/mol. The number of nitrogens with one attached hydrogen (secondary N) is 1. The van der Waals surface area contributed by atoms with Gasteiger partial charge in [-0.3, -0.25) is 0 Å². The summed E-state index contributed by atoms with van der Waals surface area (Å²) in [6.07, 6.45) is 0. The minimum Gasteiger partial charge on any atom is -0.395 e. The van der Waals surface area contributed by atoms with E-state index in [-0.39, 0.29) is 6.61 Å². The van der Waals surface area contributed by atoms with Crippen LogP contribution in [0.3, 0.4) is 0 Å². The molecule has 0 unspecified atom stereocenters. The number of aromatic nitrogens is 2. The van der Waals surface area contributed by atoms with E-state index in [0.717, 1.165) is 16.9 Å². The van der Waals surface area contributed by atoms with Gasteiger partial charge in [0.15, 0.2) is 0 Å². The van der Waals surface area contributed by atoms with Crippen LogP contribution in [0.15, 0.2) is 30.3 Å². The molecule has 18 heavy (non-hydrogen) atoms. The molecule has 0 aliphatic carbocycles. The number of aryl methyl sites for hydroxylation is 1. The second kappa shape index (κ2) is 6.00. The Labute approximate surface area is 111 Å². The predicted octanol–water partition coefficient (Wildman–Crippen LogP) is 1.92. The normalized spacial score (nSPS) is 10.8. The maximum absolute atomic E-state index is 8.75. The fourth-order valence-corrected chi connectivity index (χ4v) is 2.10. The first kappa shape index (κ1) is 13.1. The van der Waals surface area contributed by atoms with Crippen molar-refractivity contribution in [1.82, 2.24) is 15.1 Å². The van der Waals surface area contributed by atoms with Gasteiger partial charge in [-0.2, -0.15) is 5.10 Å². The number of aliphatic hydroxyl groups excluding tert-OH is 1. The summed E-state index contributed by atoms with van der Waals surface area (Å²) in [6.45, 7) is 3.20. The van der Waals surface area contributed by atoms with Crippen LogP contribution in [0.1, 0.15) is 11.3 Å². The predicted molar refractivity (Wildman–Crippen MR) is 72.1 cm³/mol. The molecule has 2 aromatic rings. The van der Waals surface area contributed by atoms with Gasteiger partial charge < -0.3 is 10.4 Å². The Kier molecular flexibility index (Phi) is 4.36. The molecule has 2 rings (SSSR count). The van der Waals surface area contributed by atoms with Crippen molar-refractivity contribution >= 4 is 11.6 Å². The molecule has 2 N–H and O–H groups in total. The first-order chi connectivity index (χ1) is 8.74. The molecule has 1 aromatic heterocycles. The van der Waals surface area contributed by atoms with Gasteiger partial charge >= 0.3 is 0 Å². The van der Waals surface area contributed by atoms with Gasteiger partial charge in [0.05, 0.1) is 18.0 Å². The van der Waals surface area contributed by atoms with Gasteiger partial charge in [-0.25, -0.2) is 4.68 Å². The van der Waals surface area contributed by atoms with Crippen LogP contribution in [0.25, 0.3) is 5.69 Å². The zero-order chi connectivity index (χ0) is 13.0. The van der Waals surface area contributed by atoms with E-state index in [1.807, 2.05) is 37.3 Å². The van der Waals surface area contributed by atoms with Crippen LogP contribution in [-0.2, 0) is 6.54 Å². The Hall–Kier alpha value is -1.36. The van der Waals surface area contributed by atoms with Crippen molar-refractivity contribution in [2.45, 2.75) is 13.5 Å². The van der Waals surface area contributed by atoms with Gasteiger partial charge in [0.2, 0.25) is 0 Å². The van der Waals surface area contributed by atoms with Crippen LogP contribution in [-0.4, -0.2) is 28.0 Å². The van der Waals surface area contributed by atoms with Crippen molar-refractivity contribution in [1.29, 1.82) is 0 Å². The zero-order valence-corrected chi connectivity index (χ0v) is 11.0. The number of rotatable bonds is 5. The zero-order valence-electron chi connectivity index (χ0n) is 10.2. The fraction of sp³-hybridized carbons (Fsp3) is 0.308.